The summed E-state index contributed by atoms with van der Waals surface area (Å²) < 4.78 is 40.2. The van der Waals surface area contributed by atoms with Crippen LogP contribution in [0.25, 0.3) is 0 Å². The predicted octanol–water partition coefficient (Wildman–Crippen LogP) is 4.85. The standard InChI is InChI=1S/C32H41N3O6S/c1-22-12-15-27(16-13-22)42(38,39)35(28-19-26(40-7)14-17-29(28)41-8)21-30(36)34(20-25-11-9-10-23(2)18-25)24(3)31(37)33-32(4,5)6/h9-19,24H,20-21H2,1-8H3,(H,33,37). The molecule has 2 amide bonds. The third-order valence-electron chi connectivity index (χ3n) is 6.64. The van der Waals surface area contributed by atoms with E-state index in [0.717, 1.165) is 21.0 Å². The monoisotopic (exact) mass is 595 g/mol. The number of rotatable bonds is 11. The first kappa shape index (κ1) is 32.5. The van der Waals surface area contributed by atoms with Crippen LogP contribution in [0.3, 0.4) is 0 Å². The van der Waals surface area contributed by atoms with Crippen LogP contribution in [0.5, 0.6) is 11.5 Å². The summed E-state index contributed by atoms with van der Waals surface area (Å²) in [6.07, 6.45) is 0. The van der Waals surface area contributed by atoms with Crippen molar-refractivity contribution in [3.8, 4) is 11.5 Å². The van der Waals surface area contributed by atoms with Gasteiger partial charge >= 0.3 is 0 Å². The fraction of sp³-hybridized carbons (Fsp3) is 0.375. The van der Waals surface area contributed by atoms with Crippen molar-refractivity contribution in [2.24, 2.45) is 0 Å². The normalized spacial score (nSPS) is 12.3. The molecule has 0 radical (unpaired) electrons. The maximum Gasteiger partial charge on any atom is 0.264 e. The molecule has 226 valence electrons. The van der Waals surface area contributed by atoms with Gasteiger partial charge in [-0.3, -0.25) is 13.9 Å². The average molecular weight is 596 g/mol. The van der Waals surface area contributed by atoms with Crippen molar-refractivity contribution in [2.45, 2.75) is 64.6 Å². The Bertz CT molecular complexity index is 1510. The number of methoxy groups -OCH3 is 2. The zero-order valence-electron chi connectivity index (χ0n) is 25.6. The molecule has 0 aliphatic rings. The Morgan fingerprint density at radius 1 is 0.905 bits per heavy atom. The first-order valence-corrected chi connectivity index (χ1v) is 15.1. The highest BCUT2D eigenvalue weighted by Gasteiger charge is 2.34. The summed E-state index contributed by atoms with van der Waals surface area (Å²) in [5.41, 5.74) is 2.30. The lowest BCUT2D eigenvalue weighted by Gasteiger charge is -2.34. The summed E-state index contributed by atoms with van der Waals surface area (Å²) in [7, 11) is -1.37. The van der Waals surface area contributed by atoms with E-state index in [-0.39, 0.29) is 28.8 Å². The molecule has 1 N–H and O–H groups in total. The number of sulfonamides is 1. The molecule has 0 aromatic heterocycles. The summed E-state index contributed by atoms with van der Waals surface area (Å²) in [6, 6.07) is 17.8. The lowest BCUT2D eigenvalue weighted by molar-refractivity contribution is -0.140. The minimum absolute atomic E-state index is 0.00883. The van der Waals surface area contributed by atoms with Gasteiger partial charge < -0.3 is 19.7 Å². The highest BCUT2D eigenvalue weighted by molar-refractivity contribution is 7.92. The number of ether oxygens (including phenoxy) is 2. The van der Waals surface area contributed by atoms with Gasteiger partial charge in [0, 0.05) is 18.2 Å². The predicted molar refractivity (Wildman–Crippen MR) is 164 cm³/mol. The highest BCUT2D eigenvalue weighted by atomic mass is 32.2. The molecule has 3 rings (SSSR count). The zero-order chi connectivity index (χ0) is 31.2. The van der Waals surface area contributed by atoms with Gasteiger partial charge in [-0.25, -0.2) is 8.42 Å². The Labute approximate surface area is 249 Å². The molecular weight excluding hydrogens is 554 g/mol. The lowest BCUT2D eigenvalue weighted by atomic mass is 10.1. The third-order valence-corrected chi connectivity index (χ3v) is 8.42. The highest BCUT2D eigenvalue weighted by Crippen LogP contribution is 2.36. The Kier molecular flexibility index (Phi) is 10.3. The van der Waals surface area contributed by atoms with Gasteiger partial charge in [0.25, 0.3) is 10.0 Å². The van der Waals surface area contributed by atoms with Crippen molar-refractivity contribution in [3.05, 3.63) is 83.4 Å². The number of anilines is 1. The minimum atomic E-state index is -4.26. The summed E-state index contributed by atoms with van der Waals surface area (Å²) in [6.45, 7) is 10.5. The third kappa shape index (κ3) is 8.03. The van der Waals surface area contributed by atoms with E-state index >= 15 is 0 Å². The first-order chi connectivity index (χ1) is 19.7. The summed E-state index contributed by atoms with van der Waals surface area (Å²) in [5.74, 6) is -0.288. The van der Waals surface area contributed by atoms with Crippen molar-refractivity contribution in [1.82, 2.24) is 10.2 Å². The smallest absolute Gasteiger partial charge is 0.264 e. The minimum Gasteiger partial charge on any atom is -0.497 e. The second-order valence-electron chi connectivity index (χ2n) is 11.3. The SMILES string of the molecule is COc1ccc(OC)c(N(CC(=O)N(Cc2cccc(C)c2)C(C)C(=O)NC(C)(C)C)S(=O)(=O)c2ccc(C)cc2)c1. The molecule has 1 unspecified atom stereocenters. The Morgan fingerprint density at radius 2 is 1.57 bits per heavy atom. The molecule has 0 saturated carbocycles. The maximum atomic E-state index is 14.2. The zero-order valence-corrected chi connectivity index (χ0v) is 26.4. The second kappa shape index (κ2) is 13.3. The lowest BCUT2D eigenvalue weighted by Crippen LogP contribution is -2.54. The van der Waals surface area contributed by atoms with E-state index in [4.69, 9.17) is 9.47 Å². The van der Waals surface area contributed by atoms with Crippen LogP contribution in [0.4, 0.5) is 5.69 Å². The molecule has 1 atom stereocenters. The van der Waals surface area contributed by atoms with Crippen molar-refractivity contribution in [1.29, 1.82) is 0 Å². The van der Waals surface area contributed by atoms with E-state index in [1.807, 2.05) is 58.9 Å². The summed E-state index contributed by atoms with van der Waals surface area (Å²) in [4.78, 5) is 28.9. The van der Waals surface area contributed by atoms with Crippen LogP contribution < -0.4 is 19.1 Å². The molecule has 0 saturated heterocycles. The number of aryl methyl sites for hydroxylation is 2. The van der Waals surface area contributed by atoms with Crippen LogP contribution in [-0.2, 0) is 26.2 Å². The second-order valence-corrected chi connectivity index (χ2v) is 13.2. The van der Waals surface area contributed by atoms with Crippen molar-refractivity contribution in [2.75, 3.05) is 25.1 Å². The van der Waals surface area contributed by atoms with E-state index in [9.17, 15) is 18.0 Å². The van der Waals surface area contributed by atoms with Gasteiger partial charge in [0.1, 0.15) is 24.1 Å². The van der Waals surface area contributed by atoms with Crippen LogP contribution in [0.1, 0.15) is 44.4 Å². The Hall–Kier alpha value is -4.05. The molecule has 42 heavy (non-hydrogen) atoms. The fourth-order valence-corrected chi connectivity index (χ4v) is 5.82. The van der Waals surface area contributed by atoms with Crippen molar-refractivity contribution in [3.63, 3.8) is 0 Å². The van der Waals surface area contributed by atoms with Gasteiger partial charge in [-0.2, -0.15) is 0 Å². The van der Waals surface area contributed by atoms with Gasteiger partial charge in [0.15, 0.2) is 0 Å². The molecule has 9 nitrogen and oxygen atoms in total. The Balaban J connectivity index is 2.13. The Morgan fingerprint density at radius 3 is 2.14 bits per heavy atom. The van der Waals surface area contributed by atoms with Crippen molar-refractivity contribution >= 4 is 27.5 Å². The van der Waals surface area contributed by atoms with Gasteiger partial charge in [0.2, 0.25) is 11.8 Å². The van der Waals surface area contributed by atoms with Gasteiger partial charge in [-0.05, 0) is 71.4 Å². The molecule has 0 fully saturated rings. The van der Waals surface area contributed by atoms with Gasteiger partial charge in [-0.1, -0.05) is 47.5 Å². The summed E-state index contributed by atoms with van der Waals surface area (Å²) >= 11 is 0. The molecule has 3 aromatic rings. The van der Waals surface area contributed by atoms with Crippen LogP contribution in [0, 0.1) is 13.8 Å². The molecule has 0 heterocycles. The summed E-state index contributed by atoms with van der Waals surface area (Å²) in [5, 5.41) is 2.93. The largest absolute Gasteiger partial charge is 0.497 e. The topological polar surface area (TPSA) is 105 Å². The van der Waals surface area contributed by atoms with Crippen LogP contribution >= 0.6 is 0 Å². The quantitative estimate of drug-likeness (QED) is 0.340. The first-order valence-electron chi connectivity index (χ1n) is 13.6. The number of amides is 2. The number of nitrogens with zero attached hydrogens (tertiary/aromatic N) is 2. The molecular formula is C32H41N3O6S. The van der Waals surface area contributed by atoms with E-state index in [2.05, 4.69) is 5.32 Å². The van der Waals surface area contributed by atoms with E-state index < -0.39 is 34.1 Å². The van der Waals surface area contributed by atoms with Gasteiger partial charge in [0.05, 0.1) is 24.8 Å². The number of hydrogen-bond donors (Lipinski definition) is 1. The van der Waals surface area contributed by atoms with Crippen LogP contribution in [0.15, 0.2) is 71.6 Å². The fourth-order valence-electron chi connectivity index (χ4n) is 4.41. The molecule has 0 aliphatic carbocycles. The van der Waals surface area contributed by atoms with E-state index in [1.54, 1.807) is 31.2 Å². The number of carbonyl (C=O) groups is 2. The van der Waals surface area contributed by atoms with Crippen molar-refractivity contribution < 1.29 is 27.5 Å². The van der Waals surface area contributed by atoms with Crippen LogP contribution in [0.2, 0.25) is 0 Å². The number of hydrogen-bond acceptors (Lipinski definition) is 6. The molecule has 0 bridgehead atoms. The molecule has 10 heteroatoms. The van der Waals surface area contributed by atoms with E-state index in [0.29, 0.717) is 5.75 Å². The number of nitrogens with one attached hydrogen (secondary N) is 1. The van der Waals surface area contributed by atoms with Gasteiger partial charge in [-0.15, -0.1) is 0 Å². The number of carbonyl (C=O) groups excluding carboxylic acids is 2. The molecule has 0 spiro atoms. The average Bonchev–Trinajstić information content (AvgIpc) is 2.93. The molecule has 3 aromatic carbocycles. The van der Waals surface area contributed by atoms with E-state index in [1.165, 1.54) is 37.3 Å². The maximum absolute atomic E-state index is 14.2. The number of benzene rings is 3. The van der Waals surface area contributed by atoms with Crippen LogP contribution in [-0.4, -0.2) is 57.5 Å². The molecule has 0 aliphatic heterocycles.